The second-order valence-corrected chi connectivity index (χ2v) is 5.08. The molecule has 2 N–H and O–H groups in total. The van der Waals surface area contributed by atoms with E-state index in [1.165, 1.54) is 0 Å². The van der Waals surface area contributed by atoms with Gasteiger partial charge in [0.2, 0.25) is 5.91 Å². The monoisotopic (exact) mass is 269 g/mol. The summed E-state index contributed by atoms with van der Waals surface area (Å²) in [5.41, 5.74) is 9.01. The smallest absolute Gasteiger partial charge is 0.248 e. The third-order valence-electron chi connectivity index (χ3n) is 3.06. The summed E-state index contributed by atoms with van der Waals surface area (Å²) in [6, 6.07) is 13.3. The summed E-state index contributed by atoms with van der Waals surface area (Å²) in [6.45, 7) is 6.00. The Morgan fingerprint density at radius 1 is 1.10 bits per heavy atom. The first-order valence-corrected chi connectivity index (χ1v) is 6.65. The fourth-order valence-electron chi connectivity index (χ4n) is 2.07. The van der Waals surface area contributed by atoms with E-state index in [1.54, 1.807) is 6.07 Å². The van der Waals surface area contributed by atoms with Gasteiger partial charge in [-0.15, -0.1) is 0 Å². The third-order valence-corrected chi connectivity index (χ3v) is 3.06. The standard InChI is InChI=1S/C17H19NO2/c1-11(2)20-15-8-6-13(7-9-15)16-10-14(17(18)19)5-4-12(16)3/h4-11H,1-3H3,(H2,18,19). The first-order valence-electron chi connectivity index (χ1n) is 6.65. The van der Waals surface area contributed by atoms with Crippen LogP contribution in [0.1, 0.15) is 29.8 Å². The van der Waals surface area contributed by atoms with Crippen LogP contribution in [-0.2, 0) is 0 Å². The summed E-state index contributed by atoms with van der Waals surface area (Å²) in [7, 11) is 0. The number of benzene rings is 2. The van der Waals surface area contributed by atoms with Crippen LogP contribution in [0.3, 0.4) is 0 Å². The van der Waals surface area contributed by atoms with Crippen LogP contribution in [-0.4, -0.2) is 12.0 Å². The van der Waals surface area contributed by atoms with Crippen molar-refractivity contribution in [1.29, 1.82) is 0 Å². The first-order chi connectivity index (χ1) is 9.47. The van der Waals surface area contributed by atoms with Crippen LogP contribution in [0.15, 0.2) is 42.5 Å². The van der Waals surface area contributed by atoms with Gasteiger partial charge >= 0.3 is 0 Å². The molecule has 0 saturated carbocycles. The Morgan fingerprint density at radius 3 is 2.30 bits per heavy atom. The van der Waals surface area contributed by atoms with Crippen molar-refractivity contribution < 1.29 is 9.53 Å². The van der Waals surface area contributed by atoms with Crippen molar-refractivity contribution in [3.8, 4) is 16.9 Å². The maximum absolute atomic E-state index is 11.3. The van der Waals surface area contributed by atoms with E-state index in [0.29, 0.717) is 5.56 Å². The summed E-state index contributed by atoms with van der Waals surface area (Å²) in [6.07, 6.45) is 0.153. The Bertz CT molecular complexity index is 615. The van der Waals surface area contributed by atoms with E-state index in [9.17, 15) is 4.79 Å². The van der Waals surface area contributed by atoms with Gasteiger partial charge in [0.15, 0.2) is 0 Å². The molecule has 1 amide bonds. The highest BCUT2D eigenvalue weighted by Gasteiger charge is 2.07. The van der Waals surface area contributed by atoms with Gasteiger partial charge in [-0.1, -0.05) is 18.2 Å². The number of nitrogens with two attached hydrogens (primary N) is 1. The molecule has 0 aliphatic carbocycles. The lowest BCUT2D eigenvalue weighted by Gasteiger charge is -2.11. The van der Waals surface area contributed by atoms with Crippen molar-refractivity contribution in [2.24, 2.45) is 5.73 Å². The highest BCUT2D eigenvalue weighted by molar-refractivity contribution is 5.94. The molecular formula is C17H19NO2. The average Bonchev–Trinajstić information content (AvgIpc) is 2.39. The number of primary amides is 1. The minimum atomic E-state index is -0.411. The Morgan fingerprint density at radius 2 is 1.75 bits per heavy atom. The van der Waals surface area contributed by atoms with Crippen molar-refractivity contribution in [2.75, 3.05) is 0 Å². The van der Waals surface area contributed by atoms with Crippen LogP contribution in [0.5, 0.6) is 5.75 Å². The molecule has 2 aromatic carbocycles. The quantitative estimate of drug-likeness (QED) is 0.922. The zero-order valence-corrected chi connectivity index (χ0v) is 12.0. The third kappa shape index (κ3) is 3.18. The van der Waals surface area contributed by atoms with E-state index >= 15 is 0 Å². The van der Waals surface area contributed by atoms with Crippen LogP contribution < -0.4 is 10.5 Å². The minimum absolute atomic E-state index is 0.153. The Balaban J connectivity index is 2.36. The number of hydrogen-bond acceptors (Lipinski definition) is 2. The molecule has 0 saturated heterocycles. The summed E-state index contributed by atoms with van der Waals surface area (Å²) in [4.78, 5) is 11.3. The van der Waals surface area contributed by atoms with Crippen LogP contribution in [0, 0.1) is 6.92 Å². The minimum Gasteiger partial charge on any atom is -0.491 e. The number of ether oxygens (including phenoxy) is 1. The SMILES string of the molecule is Cc1ccc(C(N)=O)cc1-c1ccc(OC(C)C)cc1. The van der Waals surface area contributed by atoms with E-state index in [0.717, 1.165) is 22.4 Å². The van der Waals surface area contributed by atoms with Crippen molar-refractivity contribution >= 4 is 5.91 Å². The second-order valence-electron chi connectivity index (χ2n) is 5.08. The van der Waals surface area contributed by atoms with E-state index in [4.69, 9.17) is 10.5 Å². The lowest BCUT2D eigenvalue weighted by molar-refractivity contribution is 0.100. The lowest BCUT2D eigenvalue weighted by atomic mass is 9.98. The van der Waals surface area contributed by atoms with Gasteiger partial charge in [-0.3, -0.25) is 4.79 Å². The molecule has 3 heteroatoms. The molecule has 0 atom stereocenters. The first kappa shape index (κ1) is 14.1. The molecule has 104 valence electrons. The predicted octanol–water partition coefficient (Wildman–Crippen LogP) is 3.55. The number of amides is 1. The molecule has 0 aliphatic heterocycles. The van der Waals surface area contributed by atoms with Crippen LogP contribution in [0.4, 0.5) is 0 Å². The fourth-order valence-corrected chi connectivity index (χ4v) is 2.07. The molecule has 0 bridgehead atoms. The molecule has 0 aromatic heterocycles. The molecule has 3 nitrogen and oxygen atoms in total. The fraction of sp³-hybridized carbons (Fsp3) is 0.235. The van der Waals surface area contributed by atoms with E-state index in [-0.39, 0.29) is 6.10 Å². The van der Waals surface area contributed by atoms with E-state index in [2.05, 4.69) is 0 Å². The predicted molar refractivity (Wildman–Crippen MR) is 80.9 cm³/mol. The van der Waals surface area contributed by atoms with Gasteiger partial charge < -0.3 is 10.5 Å². The molecule has 2 rings (SSSR count). The highest BCUT2D eigenvalue weighted by atomic mass is 16.5. The normalized spacial score (nSPS) is 10.6. The zero-order chi connectivity index (χ0) is 14.7. The van der Waals surface area contributed by atoms with E-state index < -0.39 is 5.91 Å². The maximum atomic E-state index is 11.3. The molecule has 0 spiro atoms. The molecule has 0 heterocycles. The number of hydrogen-bond donors (Lipinski definition) is 1. The van der Waals surface area contributed by atoms with Gasteiger partial charge in [0.25, 0.3) is 0 Å². The number of carbonyl (C=O) groups excluding carboxylic acids is 1. The van der Waals surface area contributed by atoms with Crippen molar-refractivity contribution in [3.63, 3.8) is 0 Å². The second kappa shape index (κ2) is 5.78. The summed E-state index contributed by atoms with van der Waals surface area (Å²) in [5.74, 6) is 0.429. The topological polar surface area (TPSA) is 52.3 Å². The van der Waals surface area contributed by atoms with Crippen molar-refractivity contribution in [2.45, 2.75) is 26.9 Å². The number of carbonyl (C=O) groups is 1. The Kier molecular flexibility index (Phi) is 4.08. The maximum Gasteiger partial charge on any atom is 0.248 e. The van der Waals surface area contributed by atoms with Gasteiger partial charge in [-0.2, -0.15) is 0 Å². The molecule has 20 heavy (non-hydrogen) atoms. The van der Waals surface area contributed by atoms with Gasteiger partial charge in [0.1, 0.15) is 5.75 Å². The van der Waals surface area contributed by atoms with Crippen LogP contribution in [0.25, 0.3) is 11.1 Å². The van der Waals surface area contributed by atoms with Gasteiger partial charge in [0.05, 0.1) is 6.10 Å². The molecule has 0 unspecified atom stereocenters. The van der Waals surface area contributed by atoms with Gasteiger partial charge in [-0.25, -0.2) is 0 Å². The van der Waals surface area contributed by atoms with Crippen LogP contribution in [0.2, 0.25) is 0 Å². The van der Waals surface area contributed by atoms with E-state index in [1.807, 2.05) is 57.2 Å². The molecule has 0 radical (unpaired) electrons. The van der Waals surface area contributed by atoms with Crippen molar-refractivity contribution in [1.82, 2.24) is 0 Å². The molecule has 2 aromatic rings. The van der Waals surface area contributed by atoms with Crippen LogP contribution >= 0.6 is 0 Å². The largest absolute Gasteiger partial charge is 0.491 e. The summed E-state index contributed by atoms with van der Waals surface area (Å²) >= 11 is 0. The van der Waals surface area contributed by atoms with Gasteiger partial charge in [0, 0.05) is 5.56 Å². The number of rotatable bonds is 4. The Labute approximate surface area is 119 Å². The van der Waals surface area contributed by atoms with Gasteiger partial charge in [-0.05, 0) is 61.7 Å². The Hall–Kier alpha value is -2.29. The molecule has 0 aliphatic rings. The average molecular weight is 269 g/mol. The molecular weight excluding hydrogens is 250 g/mol. The van der Waals surface area contributed by atoms with Crippen molar-refractivity contribution in [3.05, 3.63) is 53.6 Å². The molecule has 0 fully saturated rings. The highest BCUT2D eigenvalue weighted by Crippen LogP contribution is 2.26. The lowest BCUT2D eigenvalue weighted by Crippen LogP contribution is -2.10. The summed E-state index contributed by atoms with van der Waals surface area (Å²) < 4.78 is 5.62. The summed E-state index contributed by atoms with van der Waals surface area (Å²) in [5, 5.41) is 0. The number of aryl methyl sites for hydroxylation is 1. The zero-order valence-electron chi connectivity index (χ0n) is 12.0.